The Balaban J connectivity index is 0.00000196. The number of hydrogen-bond donors (Lipinski definition) is 2. The molecule has 2 aliphatic carbocycles. The van der Waals surface area contributed by atoms with Crippen LogP contribution < -0.4 is 10.6 Å². The fourth-order valence-corrected chi connectivity index (χ4v) is 6.42. The summed E-state index contributed by atoms with van der Waals surface area (Å²) in [6, 6.07) is 12.2. The van der Waals surface area contributed by atoms with Gasteiger partial charge in [-0.25, -0.2) is 0 Å². The lowest BCUT2D eigenvalue weighted by atomic mass is 9.93. The molecule has 5 heteroatoms. The third-order valence-electron chi connectivity index (χ3n) is 6.32. The summed E-state index contributed by atoms with van der Waals surface area (Å²) in [5.74, 6) is 0.737. The predicted molar refractivity (Wildman–Crippen MR) is 112 cm³/mol. The molecule has 1 aromatic rings. The number of nitrogens with one attached hydrogen (secondary N) is 2. The molecule has 3 unspecified atom stereocenters. The second-order valence-electron chi connectivity index (χ2n) is 8.02. The summed E-state index contributed by atoms with van der Waals surface area (Å²) in [7, 11) is 0. The van der Waals surface area contributed by atoms with Crippen molar-refractivity contribution in [1.29, 1.82) is 0 Å². The molecular weight excluding hydrogens is 364 g/mol. The van der Waals surface area contributed by atoms with Crippen LogP contribution in [0.3, 0.4) is 0 Å². The number of morpholine rings is 1. The second-order valence-corrected chi connectivity index (χ2v) is 9.56. The summed E-state index contributed by atoms with van der Waals surface area (Å²) < 4.78 is 6.12. The molecule has 0 bridgehead atoms. The zero-order valence-electron chi connectivity index (χ0n) is 15.6. The SMILES string of the molecule is Cl.c1ccc(SC2(CNC3CCCC3C3COCCN3)CCCC2)cc1. The molecule has 1 heterocycles. The first kappa shape index (κ1) is 20.5. The van der Waals surface area contributed by atoms with Crippen LogP contribution in [0, 0.1) is 5.92 Å². The van der Waals surface area contributed by atoms with Crippen molar-refractivity contribution in [2.75, 3.05) is 26.3 Å². The molecule has 3 atom stereocenters. The molecule has 2 N–H and O–H groups in total. The smallest absolute Gasteiger partial charge is 0.0623 e. The average molecular weight is 397 g/mol. The largest absolute Gasteiger partial charge is 0.379 e. The van der Waals surface area contributed by atoms with Crippen LogP contribution >= 0.6 is 24.2 Å². The summed E-state index contributed by atoms with van der Waals surface area (Å²) in [6.45, 7) is 3.94. The number of thioether (sulfide) groups is 1. The lowest BCUT2D eigenvalue weighted by Gasteiger charge is -2.36. The van der Waals surface area contributed by atoms with Crippen LogP contribution in [0.4, 0.5) is 0 Å². The molecular formula is C21H33ClN2OS. The van der Waals surface area contributed by atoms with E-state index in [2.05, 4.69) is 52.7 Å². The fourth-order valence-electron chi connectivity index (χ4n) is 4.97. The Morgan fingerprint density at radius 2 is 1.92 bits per heavy atom. The van der Waals surface area contributed by atoms with Gasteiger partial charge in [0.15, 0.2) is 0 Å². The summed E-state index contributed by atoms with van der Waals surface area (Å²) >= 11 is 2.12. The molecule has 1 saturated heterocycles. The third-order valence-corrected chi connectivity index (χ3v) is 7.81. The van der Waals surface area contributed by atoms with Crippen molar-refractivity contribution in [3.8, 4) is 0 Å². The summed E-state index contributed by atoms with van der Waals surface area (Å²) in [5, 5.41) is 7.71. The lowest BCUT2D eigenvalue weighted by Crippen LogP contribution is -2.52. The Morgan fingerprint density at radius 3 is 2.65 bits per heavy atom. The van der Waals surface area contributed by atoms with E-state index in [1.165, 1.54) is 49.8 Å². The Hall–Kier alpha value is -0.260. The second kappa shape index (κ2) is 9.79. The van der Waals surface area contributed by atoms with Crippen molar-refractivity contribution in [2.24, 2.45) is 5.92 Å². The van der Waals surface area contributed by atoms with Crippen LogP contribution in [-0.2, 0) is 4.74 Å². The summed E-state index contributed by atoms with van der Waals surface area (Å²) in [6.07, 6.45) is 9.50. The zero-order valence-corrected chi connectivity index (χ0v) is 17.3. The lowest BCUT2D eigenvalue weighted by molar-refractivity contribution is 0.0524. The molecule has 0 amide bonds. The first-order valence-electron chi connectivity index (χ1n) is 10.1. The van der Waals surface area contributed by atoms with Crippen molar-refractivity contribution in [3.63, 3.8) is 0 Å². The van der Waals surface area contributed by atoms with Crippen LogP contribution in [-0.4, -0.2) is 43.1 Å². The van der Waals surface area contributed by atoms with Gasteiger partial charge in [0.05, 0.1) is 13.2 Å². The predicted octanol–water partition coefficient (Wildman–Crippen LogP) is 4.26. The van der Waals surface area contributed by atoms with Crippen molar-refractivity contribution in [3.05, 3.63) is 30.3 Å². The Morgan fingerprint density at radius 1 is 1.12 bits per heavy atom. The van der Waals surface area contributed by atoms with E-state index in [-0.39, 0.29) is 12.4 Å². The molecule has 2 saturated carbocycles. The quantitative estimate of drug-likeness (QED) is 0.752. The topological polar surface area (TPSA) is 33.3 Å². The Kier molecular flexibility index (Phi) is 7.71. The monoisotopic (exact) mass is 396 g/mol. The molecule has 3 aliphatic rings. The van der Waals surface area contributed by atoms with Crippen LogP contribution in [0.15, 0.2) is 35.2 Å². The molecule has 1 aromatic carbocycles. The van der Waals surface area contributed by atoms with Crippen molar-refractivity contribution in [1.82, 2.24) is 10.6 Å². The number of benzene rings is 1. The maximum atomic E-state index is 5.73. The van der Waals surface area contributed by atoms with Gasteiger partial charge in [0, 0.05) is 34.8 Å². The number of halogens is 1. The normalized spacial score (nSPS) is 30.8. The van der Waals surface area contributed by atoms with E-state index in [1.54, 1.807) is 0 Å². The molecule has 4 rings (SSSR count). The number of rotatable bonds is 6. The molecule has 26 heavy (non-hydrogen) atoms. The first-order chi connectivity index (χ1) is 12.3. The average Bonchev–Trinajstić information content (AvgIpc) is 3.31. The molecule has 3 nitrogen and oxygen atoms in total. The van der Waals surface area contributed by atoms with Gasteiger partial charge < -0.3 is 15.4 Å². The van der Waals surface area contributed by atoms with E-state index < -0.39 is 0 Å². The minimum absolute atomic E-state index is 0. The van der Waals surface area contributed by atoms with Crippen molar-refractivity contribution >= 4 is 24.2 Å². The highest BCUT2D eigenvalue weighted by molar-refractivity contribution is 8.00. The standard InChI is InChI=1S/C21H32N2OS.ClH/c1-2-7-17(8-3-1)25-21(11-4-5-12-21)16-23-19-10-6-9-18(19)20-15-24-14-13-22-20;/h1-3,7-8,18-20,22-23H,4-6,9-16H2;1H. The van der Waals surface area contributed by atoms with Gasteiger partial charge in [0.2, 0.25) is 0 Å². The van der Waals surface area contributed by atoms with Gasteiger partial charge in [0.1, 0.15) is 0 Å². The summed E-state index contributed by atoms with van der Waals surface area (Å²) in [5.41, 5.74) is 0. The Bertz CT molecular complexity index is 532. The van der Waals surface area contributed by atoms with Gasteiger partial charge in [-0.15, -0.1) is 24.2 Å². The molecule has 0 aromatic heterocycles. The van der Waals surface area contributed by atoms with Gasteiger partial charge in [-0.05, 0) is 43.7 Å². The van der Waals surface area contributed by atoms with Crippen molar-refractivity contribution < 1.29 is 4.74 Å². The van der Waals surface area contributed by atoms with E-state index in [0.29, 0.717) is 16.8 Å². The van der Waals surface area contributed by atoms with E-state index in [0.717, 1.165) is 32.2 Å². The highest BCUT2D eigenvalue weighted by Gasteiger charge is 2.39. The molecule has 146 valence electrons. The molecule has 0 radical (unpaired) electrons. The molecule has 0 spiro atoms. The van der Waals surface area contributed by atoms with Gasteiger partial charge >= 0.3 is 0 Å². The van der Waals surface area contributed by atoms with Crippen LogP contribution in [0.1, 0.15) is 44.9 Å². The molecule has 1 aliphatic heterocycles. The summed E-state index contributed by atoms with van der Waals surface area (Å²) in [4.78, 5) is 1.43. The van der Waals surface area contributed by atoms with Crippen LogP contribution in [0.5, 0.6) is 0 Å². The maximum absolute atomic E-state index is 5.73. The highest BCUT2D eigenvalue weighted by Crippen LogP contribution is 2.45. The highest BCUT2D eigenvalue weighted by atomic mass is 35.5. The maximum Gasteiger partial charge on any atom is 0.0623 e. The Labute approximate surface area is 168 Å². The van der Waals surface area contributed by atoms with Gasteiger partial charge in [-0.2, -0.15) is 0 Å². The third kappa shape index (κ3) is 4.96. The van der Waals surface area contributed by atoms with Crippen molar-refractivity contribution in [2.45, 2.75) is 66.7 Å². The van der Waals surface area contributed by atoms with E-state index in [1.807, 2.05) is 0 Å². The van der Waals surface area contributed by atoms with Gasteiger partial charge in [0.25, 0.3) is 0 Å². The zero-order chi connectivity index (χ0) is 17.0. The van der Waals surface area contributed by atoms with Gasteiger partial charge in [-0.1, -0.05) is 37.5 Å². The van der Waals surface area contributed by atoms with E-state index >= 15 is 0 Å². The number of ether oxygens (including phenoxy) is 1. The number of hydrogen-bond acceptors (Lipinski definition) is 4. The van der Waals surface area contributed by atoms with E-state index in [9.17, 15) is 0 Å². The fraction of sp³-hybridized carbons (Fsp3) is 0.714. The van der Waals surface area contributed by atoms with E-state index in [4.69, 9.17) is 4.74 Å². The van der Waals surface area contributed by atoms with Crippen LogP contribution in [0.2, 0.25) is 0 Å². The minimum atomic E-state index is 0. The van der Waals surface area contributed by atoms with Crippen LogP contribution in [0.25, 0.3) is 0 Å². The van der Waals surface area contributed by atoms with Gasteiger partial charge in [-0.3, -0.25) is 0 Å². The molecule has 3 fully saturated rings. The minimum Gasteiger partial charge on any atom is -0.379 e. The first-order valence-corrected chi connectivity index (χ1v) is 10.9.